The highest BCUT2D eigenvalue weighted by atomic mass is 16.5. The lowest BCUT2D eigenvalue weighted by atomic mass is 10.1. The zero-order valence-corrected chi connectivity index (χ0v) is 11.3. The van der Waals surface area contributed by atoms with Crippen molar-refractivity contribution in [2.45, 2.75) is 38.7 Å². The molecule has 104 valence electrons. The zero-order chi connectivity index (χ0) is 13.7. The molecule has 1 saturated heterocycles. The van der Waals surface area contributed by atoms with Gasteiger partial charge in [-0.25, -0.2) is 0 Å². The molecule has 0 radical (unpaired) electrons. The largest absolute Gasteiger partial charge is 0.508 e. The molecule has 0 spiro atoms. The summed E-state index contributed by atoms with van der Waals surface area (Å²) in [5.41, 5.74) is 1.15. The number of phenolic OH excluding ortho intramolecular Hbond substituents is 1. The molecule has 1 unspecified atom stereocenters. The number of phenols is 1. The van der Waals surface area contributed by atoms with Gasteiger partial charge in [0.1, 0.15) is 5.75 Å². The van der Waals surface area contributed by atoms with Crippen LogP contribution in [-0.2, 0) is 4.74 Å². The summed E-state index contributed by atoms with van der Waals surface area (Å²) in [6.45, 7) is 3.19. The SMILES string of the molecule is Cc1c(O)cccc1C(=O)NCCC1CCCCO1. The van der Waals surface area contributed by atoms with E-state index in [-0.39, 0.29) is 17.8 Å². The van der Waals surface area contributed by atoms with Gasteiger partial charge in [-0.1, -0.05) is 6.07 Å². The Bertz CT molecular complexity index is 439. The number of benzene rings is 1. The summed E-state index contributed by atoms with van der Waals surface area (Å²) >= 11 is 0. The summed E-state index contributed by atoms with van der Waals surface area (Å²) in [5.74, 6) is 0.0208. The van der Waals surface area contributed by atoms with E-state index in [1.54, 1.807) is 25.1 Å². The molecular weight excluding hydrogens is 242 g/mol. The van der Waals surface area contributed by atoms with Crippen molar-refractivity contribution in [2.75, 3.05) is 13.2 Å². The van der Waals surface area contributed by atoms with Crippen molar-refractivity contribution >= 4 is 5.91 Å². The highest BCUT2D eigenvalue weighted by Gasteiger charge is 2.15. The quantitative estimate of drug-likeness (QED) is 0.877. The van der Waals surface area contributed by atoms with Crippen molar-refractivity contribution in [3.05, 3.63) is 29.3 Å². The van der Waals surface area contributed by atoms with E-state index in [4.69, 9.17) is 4.74 Å². The lowest BCUT2D eigenvalue weighted by Gasteiger charge is -2.22. The molecule has 19 heavy (non-hydrogen) atoms. The van der Waals surface area contributed by atoms with Crippen molar-refractivity contribution in [3.63, 3.8) is 0 Å². The van der Waals surface area contributed by atoms with Crippen LogP contribution in [0.15, 0.2) is 18.2 Å². The van der Waals surface area contributed by atoms with Crippen LogP contribution in [-0.4, -0.2) is 30.3 Å². The van der Waals surface area contributed by atoms with Gasteiger partial charge in [0.15, 0.2) is 0 Å². The first-order valence-electron chi connectivity index (χ1n) is 6.87. The normalized spacial score (nSPS) is 19.1. The molecule has 1 aliphatic heterocycles. The molecule has 1 fully saturated rings. The smallest absolute Gasteiger partial charge is 0.251 e. The van der Waals surface area contributed by atoms with Gasteiger partial charge in [0.2, 0.25) is 0 Å². The fourth-order valence-electron chi connectivity index (χ4n) is 2.35. The molecule has 0 aliphatic carbocycles. The third-order valence-electron chi connectivity index (χ3n) is 3.58. The Kier molecular flexibility index (Phi) is 4.80. The number of nitrogens with one attached hydrogen (secondary N) is 1. The molecule has 2 N–H and O–H groups in total. The Morgan fingerprint density at radius 1 is 1.47 bits per heavy atom. The summed E-state index contributed by atoms with van der Waals surface area (Å²) < 4.78 is 5.62. The second kappa shape index (κ2) is 6.57. The molecule has 2 rings (SSSR count). The number of carbonyl (C=O) groups is 1. The summed E-state index contributed by atoms with van der Waals surface area (Å²) in [4.78, 5) is 12.0. The van der Waals surface area contributed by atoms with E-state index in [2.05, 4.69) is 5.32 Å². The minimum absolute atomic E-state index is 0.135. The number of carbonyl (C=O) groups excluding carboxylic acids is 1. The molecular formula is C15H21NO3. The highest BCUT2D eigenvalue weighted by molar-refractivity contribution is 5.96. The zero-order valence-electron chi connectivity index (χ0n) is 11.3. The lowest BCUT2D eigenvalue weighted by molar-refractivity contribution is 0.0117. The van der Waals surface area contributed by atoms with Gasteiger partial charge in [0.05, 0.1) is 6.10 Å². The predicted molar refractivity (Wildman–Crippen MR) is 73.4 cm³/mol. The molecule has 0 aromatic heterocycles. The van der Waals surface area contributed by atoms with E-state index in [0.717, 1.165) is 25.9 Å². The van der Waals surface area contributed by atoms with Crippen LogP contribution in [0.5, 0.6) is 5.75 Å². The molecule has 0 saturated carbocycles. The van der Waals surface area contributed by atoms with Crippen LogP contribution in [0.2, 0.25) is 0 Å². The van der Waals surface area contributed by atoms with Crippen LogP contribution in [0, 0.1) is 6.92 Å². The van der Waals surface area contributed by atoms with Crippen molar-refractivity contribution < 1.29 is 14.6 Å². The number of amides is 1. The Morgan fingerprint density at radius 2 is 2.32 bits per heavy atom. The first kappa shape index (κ1) is 13.9. The summed E-state index contributed by atoms with van der Waals surface area (Å²) in [6, 6.07) is 4.99. The van der Waals surface area contributed by atoms with Gasteiger partial charge in [0, 0.05) is 24.3 Å². The molecule has 1 amide bonds. The van der Waals surface area contributed by atoms with Gasteiger partial charge in [0.25, 0.3) is 5.91 Å². The van der Waals surface area contributed by atoms with Crippen molar-refractivity contribution in [1.29, 1.82) is 0 Å². The van der Waals surface area contributed by atoms with Crippen LogP contribution >= 0.6 is 0 Å². The van der Waals surface area contributed by atoms with Gasteiger partial charge < -0.3 is 15.2 Å². The van der Waals surface area contributed by atoms with Crippen LogP contribution in [0.1, 0.15) is 41.6 Å². The number of ether oxygens (including phenoxy) is 1. The van der Waals surface area contributed by atoms with E-state index < -0.39 is 0 Å². The third-order valence-corrected chi connectivity index (χ3v) is 3.58. The topological polar surface area (TPSA) is 58.6 Å². The average Bonchev–Trinajstić information content (AvgIpc) is 2.43. The molecule has 4 nitrogen and oxygen atoms in total. The van der Waals surface area contributed by atoms with Crippen LogP contribution in [0.3, 0.4) is 0 Å². The molecule has 1 heterocycles. The molecule has 1 aromatic rings. The van der Waals surface area contributed by atoms with Gasteiger partial charge in [-0.2, -0.15) is 0 Å². The maximum absolute atomic E-state index is 12.0. The Morgan fingerprint density at radius 3 is 3.05 bits per heavy atom. The Hall–Kier alpha value is -1.55. The van der Waals surface area contributed by atoms with E-state index in [1.165, 1.54) is 6.42 Å². The minimum atomic E-state index is -0.135. The molecule has 1 aromatic carbocycles. The number of hydrogen-bond donors (Lipinski definition) is 2. The molecule has 1 aliphatic rings. The van der Waals surface area contributed by atoms with Crippen LogP contribution < -0.4 is 5.32 Å². The molecule has 0 bridgehead atoms. The van der Waals surface area contributed by atoms with Crippen molar-refractivity contribution in [2.24, 2.45) is 0 Å². The summed E-state index contributed by atoms with van der Waals surface area (Å²) in [5, 5.41) is 12.5. The van der Waals surface area contributed by atoms with Crippen molar-refractivity contribution in [1.82, 2.24) is 5.32 Å². The first-order chi connectivity index (χ1) is 9.18. The van der Waals surface area contributed by atoms with Crippen molar-refractivity contribution in [3.8, 4) is 5.75 Å². The number of aromatic hydroxyl groups is 1. The molecule has 4 heteroatoms. The average molecular weight is 263 g/mol. The first-order valence-corrected chi connectivity index (χ1v) is 6.87. The van der Waals surface area contributed by atoms with Gasteiger partial charge in [-0.15, -0.1) is 0 Å². The maximum atomic E-state index is 12.0. The second-order valence-electron chi connectivity index (χ2n) is 4.98. The number of rotatable bonds is 4. The van der Waals surface area contributed by atoms with Crippen LogP contribution in [0.4, 0.5) is 0 Å². The predicted octanol–water partition coefficient (Wildman–Crippen LogP) is 2.39. The third kappa shape index (κ3) is 3.70. The fraction of sp³-hybridized carbons (Fsp3) is 0.533. The van der Waals surface area contributed by atoms with E-state index in [1.807, 2.05) is 0 Å². The minimum Gasteiger partial charge on any atom is -0.508 e. The van der Waals surface area contributed by atoms with Crippen LogP contribution in [0.25, 0.3) is 0 Å². The van der Waals surface area contributed by atoms with E-state index in [0.29, 0.717) is 17.7 Å². The second-order valence-corrected chi connectivity index (χ2v) is 4.98. The highest BCUT2D eigenvalue weighted by Crippen LogP contribution is 2.19. The number of hydrogen-bond acceptors (Lipinski definition) is 3. The Labute approximate surface area is 113 Å². The Balaban J connectivity index is 1.82. The standard InChI is InChI=1S/C15H21NO3/c1-11-13(6-4-7-14(11)17)15(18)16-9-8-12-5-2-3-10-19-12/h4,6-7,12,17H,2-3,5,8-10H2,1H3,(H,16,18). The van der Waals surface area contributed by atoms with Gasteiger partial charge >= 0.3 is 0 Å². The maximum Gasteiger partial charge on any atom is 0.251 e. The summed E-state index contributed by atoms with van der Waals surface area (Å²) in [6.07, 6.45) is 4.57. The monoisotopic (exact) mass is 263 g/mol. The fourth-order valence-corrected chi connectivity index (χ4v) is 2.35. The van der Waals surface area contributed by atoms with E-state index in [9.17, 15) is 9.90 Å². The van der Waals surface area contributed by atoms with Gasteiger partial charge in [-0.3, -0.25) is 4.79 Å². The van der Waals surface area contributed by atoms with E-state index >= 15 is 0 Å². The lowest BCUT2D eigenvalue weighted by Crippen LogP contribution is -2.29. The van der Waals surface area contributed by atoms with Gasteiger partial charge in [-0.05, 0) is 44.7 Å². The molecule has 1 atom stereocenters. The summed E-state index contributed by atoms with van der Waals surface area (Å²) in [7, 11) is 0.